The van der Waals surface area contributed by atoms with E-state index in [0.29, 0.717) is 16.6 Å². The molecule has 3 heterocycles. The Balaban J connectivity index is 2.02. The molecule has 0 saturated carbocycles. The summed E-state index contributed by atoms with van der Waals surface area (Å²) >= 11 is 1.29. The van der Waals surface area contributed by atoms with Crippen LogP contribution in [0.25, 0.3) is 31.7 Å². The van der Waals surface area contributed by atoms with Crippen LogP contribution in [0, 0.1) is 6.92 Å². The van der Waals surface area contributed by atoms with Gasteiger partial charge in [0.1, 0.15) is 15.9 Å². The summed E-state index contributed by atoms with van der Waals surface area (Å²) in [6, 6.07) is 11.9. The Hall–Kier alpha value is -3.06. The Bertz CT molecular complexity index is 1130. The highest BCUT2D eigenvalue weighted by molar-refractivity contribution is 7.25. The maximum atomic E-state index is 12.4. The molecule has 0 radical (unpaired) electrons. The number of benzene rings is 1. The lowest BCUT2D eigenvalue weighted by Gasteiger charge is -2.04. The van der Waals surface area contributed by atoms with Crippen molar-refractivity contribution in [2.24, 2.45) is 0 Å². The van der Waals surface area contributed by atoms with Gasteiger partial charge in [-0.2, -0.15) is 0 Å². The van der Waals surface area contributed by atoms with Crippen molar-refractivity contribution in [3.8, 4) is 11.3 Å². The second-order valence-corrected chi connectivity index (χ2v) is 6.32. The van der Waals surface area contributed by atoms with E-state index in [0.717, 1.165) is 31.7 Å². The van der Waals surface area contributed by atoms with E-state index in [1.54, 1.807) is 0 Å². The maximum Gasteiger partial charge on any atom is 0.290 e. The van der Waals surface area contributed by atoms with Crippen molar-refractivity contribution in [3.63, 3.8) is 0 Å². The highest BCUT2D eigenvalue weighted by atomic mass is 32.1. The molecule has 4 aromatic rings. The van der Waals surface area contributed by atoms with E-state index in [9.17, 15) is 9.59 Å². The molecule has 6 nitrogen and oxygen atoms in total. The lowest BCUT2D eigenvalue weighted by Crippen LogP contribution is -2.27. The van der Waals surface area contributed by atoms with Crippen molar-refractivity contribution in [2.45, 2.75) is 6.92 Å². The highest BCUT2D eigenvalue weighted by Crippen LogP contribution is 2.33. The summed E-state index contributed by atoms with van der Waals surface area (Å²) in [6.07, 6.45) is 1.76. The van der Waals surface area contributed by atoms with Crippen molar-refractivity contribution in [2.75, 3.05) is 5.43 Å². The number of rotatable bonds is 3. The third-order valence-corrected chi connectivity index (χ3v) is 4.87. The van der Waals surface area contributed by atoms with Gasteiger partial charge in [0.2, 0.25) is 6.41 Å². The zero-order valence-electron chi connectivity index (χ0n) is 12.7. The standard InChI is InChI=1S/C17H12N4O2S/c1-10-7-12(11-5-3-2-4-6-11)20-16-13(10)14-15(24-16)17(23)21(8-18-14)19-9-22/h2-9H,1H3,(H,19,22). The molecule has 24 heavy (non-hydrogen) atoms. The summed E-state index contributed by atoms with van der Waals surface area (Å²) in [4.78, 5) is 32.8. The quantitative estimate of drug-likeness (QED) is 0.584. The number of hydrogen-bond donors (Lipinski definition) is 1. The summed E-state index contributed by atoms with van der Waals surface area (Å²) in [5.74, 6) is 0. The summed E-state index contributed by atoms with van der Waals surface area (Å²) < 4.78 is 1.54. The number of nitrogens with one attached hydrogen (secondary N) is 1. The van der Waals surface area contributed by atoms with Crippen molar-refractivity contribution >= 4 is 38.2 Å². The van der Waals surface area contributed by atoms with E-state index >= 15 is 0 Å². The van der Waals surface area contributed by atoms with Gasteiger partial charge in [0.25, 0.3) is 5.56 Å². The highest BCUT2D eigenvalue weighted by Gasteiger charge is 2.15. The van der Waals surface area contributed by atoms with E-state index in [4.69, 9.17) is 4.98 Å². The van der Waals surface area contributed by atoms with Crippen molar-refractivity contribution in [1.29, 1.82) is 0 Å². The Morgan fingerprint density at radius 3 is 2.79 bits per heavy atom. The molecule has 0 bridgehead atoms. The number of pyridine rings is 1. The van der Waals surface area contributed by atoms with E-state index < -0.39 is 0 Å². The van der Waals surface area contributed by atoms with Gasteiger partial charge in [0.15, 0.2) is 0 Å². The number of carbonyl (C=O) groups is 1. The van der Waals surface area contributed by atoms with Crippen LogP contribution in [0.5, 0.6) is 0 Å². The van der Waals surface area contributed by atoms with Gasteiger partial charge in [0, 0.05) is 10.9 Å². The molecule has 0 atom stereocenters. The fraction of sp³-hybridized carbons (Fsp3) is 0.0588. The van der Waals surface area contributed by atoms with Gasteiger partial charge in [0.05, 0.1) is 11.2 Å². The molecule has 1 N–H and O–H groups in total. The van der Waals surface area contributed by atoms with Gasteiger partial charge >= 0.3 is 0 Å². The zero-order chi connectivity index (χ0) is 16.7. The molecule has 0 saturated heterocycles. The van der Waals surface area contributed by atoms with Crippen LogP contribution < -0.4 is 11.0 Å². The predicted molar refractivity (Wildman–Crippen MR) is 94.8 cm³/mol. The van der Waals surface area contributed by atoms with Crippen LogP contribution in [0.4, 0.5) is 0 Å². The first-order chi connectivity index (χ1) is 11.7. The van der Waals surface area contributed by atoms with Gasteiger partial charge in [-0.15, -0.1) is 11.3 Å². The van der Waals surface area contributed by atoms with Crippen LogP contribution >= 0.6 is 11.3 Å². The minimum absolute atomic E-state index is 0.309. The SMILES string of the molecule is Cc1cc(-c2ccccc2)nc2sc3c(=O)n(NC=O)cnc3c12. The van der Waals surface area contributed by atoms with Gasteiger partial charge in [-0.1, -0.05) is 30.3 Å². The Morgan fingerprint density at radius 1 is 1.25 bits per heavy atom. The molecule has 0 aliphatic rings. The molecule has 4 rings (SSSR count). The van der Waals surface area contributed by atoms with Crippen LogP contribution in [0.1, 0.15) is 5.56 Å². The number of aromatic nitrogens is 3. The molecular weight excluding hydrogens is 324 g/mol. The van der Waals surface area contributed by atoms with Gasteiger partial charge < -0.3 is 0 Å². The first kappa shape index (κ1) is 14.5. The lowest BCUT2D eigenvalue weighted by molar-refractivity contribution is -0.106. The van der Waals surface area contributed by atoms with Gasteiger partial charge in [-0.05, 0) is 18.6 Å². The van der Waals surface area contributed by atoms with E-state index in [2.05, 4.69) is 10.4 Å². The summed E-state index contributed by atoms with van der Waals surface area (Å²) in [6.45, 7) is 1.99. The summed E-state index contributed by atoms with van der Waals surface area (Å²) in [5.41, 5.74) is 5.51. The fourth-order valence-corrected chi connectivity index (χ4v) is 3.85. The van der Waals surface area contributed by atoms with Crippen LogP contribution in [0.15, 0.2) is 47.5 Å². The molecule has 0 unspecified atom stereocenters. The molecule has 1 aromatic carbocycles. The second kappa shape index (κ2) is 5.54. The molecule has 0 aliphatic heterocycles. The van der Waals surface area contributed by atoms with Crippen LogP contribution in [0.2, 0.25) is 0 Å². The topological polar surface area (TPSA) is 76.9 Å². The van der Waals surface area contributed by atoms with E-state index in [1.807, 2.05) is 43.3 Å². The average Bonchev–Trinajstić information content (AvgIpc) is 2.98. The monoisotopic (exact) mass is 336 g/mol. The number of hydrogen-bond acceptors (Lipinski definition) is 5. The maximum absolute atomic E-state index is 12.4. The Labute approximate surface area is 140 Å². The third-order valence-electron chi connectivity index (χ3n) is 3.81. The zero-order valence-corrected chi connectivity index (χ0v) is 13.5. The van der Waals surface area contributed by atoms with Crippen LogP contribution in [-0.2, 0) is 4.79 Å². The minimum atomic E-state index is -0.309. The number of aryl methyl sites for hydroxylation is 1. The van der Waals surface area contributed by atoms with Crippen molar-refractivity contribution in [3.05, 3.63) is 58.6 Å². The number of thiophene rings is 1. The third kappa shape index (κ3) is 2.17. The lowest BCUT2D eigenvalue weighted by atomic mass is 10.1. The molecule has 1 amide bonds. The first-order valence-electron chi connectivity index (χ1n) is 7.26. The molecule has 7 heteroatoms. The summed E-state index contributed by atoms with van der Waals surface area (Å²) in [7, 11) is 0. The van der Waals surface area contributed by atoms with Crippen molar-refractivity contribution in [1.82, 2.24) is 14.6 Å². The van der Waals surface area contributed by atoms with Crippen LogP contribution in [0.3, 0.4) is 0 Å². The fourth-order valence-electron chi connectivity index (χ4n) is 2.71. The molecule has 0 aliphatic carbocycles. The largest absolute Gasteiger partial charge is 0.290 e. The first-order valence-corrected chi connectivity index (χ1v) is 8.08. The van der Waals surface area contributed by atoms with Gasteiger partial charge in [-0.3, -0.25) is 15.0 Å². The molecule has 118 valence electrons. The van der Waals surface area contributed by atoms with Crippen molar-refractivity contribution < 1.29 is 4.79 Å². The normalized spacial score (nSPS) is 11.0. The van der Waals surface area contributed by atoms with Crippen LogP contribution in [-0.4, -0.2) is 21.1 Å². The molecular formula is C17H12N4O2S. The predicted octanol–water partition coefficient (Wildman–Crippen LogP) is 2.68. The molecule has 3 aromatic heterocycles. The van der Waals surface area contributed by atoms with E-state index in [1.165, 1.54) is 17.7 Å². The Morgan fingerprint density at radius 2 is 2.04 bits per heavy atom. The molecule has 0 fully saturated rings. The number of amides is 1. The smallest absolute Gasteiger partial charge is 0.277 e. The number of carbonyl (C=O) groups excluding carboxylic acids is 1. The second-order valence-electron chi connectivity index (χ2n) is 5.32. The van der Waals surface area contributed by atoms with Gasteiger partial charge in [-0.25, -0.2) is 14.6 Å². The average molecular weight is 336 g/mol. The Kier molecular flexibility index (Phi) is 3.35. The summed E-state index contributed by atoms with van der Waals surface area (Å²) in [5, 5.41) is 0.880. The molecule has 0 spiro atoms. The minimum Gasteiger partial charge on any atom is -0.277 e. The number of fused-ring (bicyclic) bond motifs is 3. The van der Waals surface area contributed by atoms with E-state index in [-0.39, 0.29) is 5.56 Å². The number of nitrogens with zero attached hydrogens (tertiary/aromatic N) is 3.